The van der Waals surface area contributed by atoms with E-state index in [1.165, 1.54) is 0 Å². The molecule has 0 N–H and O–H groups in total. The van der Waals surface area contributed by atoms with Crippen LogP contribution >= 0.6 is 0 Å². The second-order valence-electron chi connectivity index (χ2n) is 2.54. The highest BCUT2D eigenvalue weighted by atomic mass is 16.5. The molecule has 0 rings (SSSR count). The molecule has 4 heteroatoms. The van der Waals surface area contributed by atoms with Crippen molar-refractivity contribution in [1.29, 1.82) is 0 Å². The summed E-state index contributed by atoms with van der Waals surface area (Å²) in [6.45, 7) is 2.67. The number of carbonyl (C=O) groups is 1. The first kappa shape index (κ1) is 11.4. The van der Waals surface area contributed by atoms with E-state index in [0.717, 1.165) is 19.4 Å². The van der Waals surface area contributed by atoms with Crippen molar-refractivity contribution >= 4 is 6.41 Å². The number of methoxy groups -OCH3 is 1. The molecule has 4 nitrogen and oxygen atoms in total. The largest absolute Gasteiger partial charge is 0.385 e. The van der Waals surface area contributed by atoms with Gasteiger partial charge in [0, 0.05) is 33.9 Å². The zero-order valence-corrected chi connectivity index (χ0v) is 7.78. The van der Waals surface area contributed by atoms with Gasteiger partial charge < -0.3 is 14.4 Å². The first-order valence-corrected chi connectivity index (χ1v) is 4.03. The van der Waals surface area contributed by atoms with E-state index in [9.17, 15) is 4.79 Å². The molecule has 0 saturated heterocycles. The minimum absolute atomic E-state index is 0.596. The maximum Gasteiger partial charge on any atom is 0.209 e. The van der Waals surface area contributed by atoms with E-state index >= 15 is 0 Å². The van der Waals surface area contributed by atoms with Crippen molar-refractivity contribution in [1.82, 2.24) is 4.90 Å². The molecule has 0 spiro atoms. The summed E-state index contributed by atoms with van der Waals surface area (Å²) in [5, 5.41) is 0. The lowest BCUT2D eigenvalue weighted by molar-refractivity contribution is -0.117. The third-order valence-electron chi connectivity index (χ3n) is 1.41. The van der Waals surface area contributed by atoms with E-state index in [1.54, 1.807) is 19.1 Å². The summed E-state index contributed by atoms with van der Waals surface area (Å²) in [4.78, 5) is 11.7. The van der Waals surface area contributed by atoms with E-state index in [4.69, 9.17) is 9.47 Å². The van der Waals surface area contributed by atoms with Crippen molar-refractivity contribution in [2.75, 3.05) is 40.5 Å². The van der Waals surface area contributed by atoms with Gasteiger partial charge in [0.15, 0.2) is 0 Å². The van der Waals surface area contributed by atoms with Crippen molar-refractivity contribution in [3.8, 4) is 0 Å². The van der Waals surface area contributed by atoms with Crippen LogP contribution in [0.25, 0.3) is 0 Å². The van der Waals surface area contributed by atoms with Gasteiger partial charge in [-0.25, -0.2) is 0 Å². The fourth-order valence-corrected chi connectivity index (χ4v) is 0.669. The normalized spacial score (nSPS) is 9.83. The van der Waals surface area contributed by atoms with E-state index in [1.807, 2.05) is 0 Å². The Kier molecular flexibility index (Phi) is 8.05. The molecule has 12 heavy (non-hydrogen) atoms. The average molecular weight is 175 g/mol. The highest BCUT2D eigenvalue weighted by Gasteiger charge is 1.92. The molecule has 0 heterocycles. The molecule has 0 aliphatic heterocycles. The van der Waals surface area contributed by atoms with Gasteiger partial charge in [-0.05, 0) is 6.42 Å². The van der Waals surface area contributed by atoms with E-state index in [2.05, 4.69) is 0 Å². The fourth-order valence-electron chi connectivity index (χ4n) is 0.669. The molecule has 0 aromatic carbocycles. The van der Waals surface area contributed by atoms with Gasteiger partial charge in [-0.15, -0.1) is 0 Å². The number of hydrogen-bond donors (Lipinski definition) is 0. The number of carbonyl (C=O) groups excluding carboxylic acids is 1. The van der Waals surface area contributed by atoms with Crippen LogP contribution in [-0.4, -0.2) is 51.8 Å². The molecule has 0 unspecified atom stereocenters. The number of hydrogen-bond acceptors (Lipinski definition) is 3. The second-order valence-corrected chi connectivity index (χ2v) is 2.54. The van der Waals surface area contributed by atoms with Crippen LogP contribution in [0.4, 0.5) is 0 Å². The van der Waals surface area contributed by atoms with Gasteiger partial charge in [0.2, 0.25) is 6.41 Å². The summed E-state index contributed by atoms with van der Waals surface area (Å²) in [6.07, 6.45) is 1.69. The number of likely N-dealkylation sites (N-methyl/N-ethyl adjacent to an activating group) is 1. The van der Waals surface area contributed by atoms with Crippen LogP contribution < -0.4 is 0 Å². The standard InChI is InChI=1S/C8H17NO3/c1-9(8-10)4-7-12-6-3-5-11-2/h8H,3-7H2,1-2H3. The van der Waals surface area contributed by atoms with Crippen LogP contribution in [0.5, 0.6) is 0 Å². The van der Waals surface area contributed by atoms with Crippen molar-refractivity contribution < 1.29 is 14.3 Å². The average Bonchev–Trinajstić information content (AvgIpc) is 2.10. The molecule has 0 saturated carbocycles. The number of ether oxygens (including phenoxy) is 2. The fraction of sp³-hybridized carbons (Fsp3) is 0.875. The van der Waals surface area contributed by atoms with Gasteiger partial charge in [-0.2, -0.15) is 0 Å². The minimum atomic E-state index is 0.596. The maximum absolute atomic E-state index is 10.1. The first-order valence-electron chi connectivity index (χ1n) is 4.03. The minimum Gasteiger partial charge on any atom is -0.385 e. The van der Waals surface area contributed by atoms with Crippen LogP contribution in [0.3, 0.4) is 0 Å². The quantitative estimate of drug-likeness (QED) is 0.389. The lowest BCUT2D eigenvalue weighted by Gasteiger charge is -2.09. The third-order valence-corrected chi connectivity index (χ3v) is 1.41. The molecule has 0 aromatic rings. The Morgan fingerprint density at radius 3 is 2.67 bits per heavy atom. The first-order chi connectivity index (χ1) is 5.81. The SMILES string of the molecule is COCCCOCCN(C)C=O. The molecule has 0 aliphatic carbocycles. The van der Waals surface area contributed by atoms with Crippen molar-refractivity contribution in [3.05, 3.63) is 0 Å². The molecular formula is C8H17NO3. The van der Waals surface area contributed by atoms with Crippen LogP contribution in [0.2, 0.25) is 0 Å². The van der Waals surface area contributed by atoms with Gasteiger partial charge in [-0.1, -0.05) is 0 Å². The maximum atomic E-state index is 10.1. The van der Waals surface area contributed by atoms with Crippen LogP contribution in [0.1, 0.15) is 6.42 Å². The van der Waals surface area contributed by atoms with Crippen LogP contribution in [-0.2, 0) is 14.3 Å². The molecule has 0 aromatic heterocycles. The van der Waals surface area contributed by atoms with Crippen LogP contribution in [0.15, 0.2) is 0 Å². The molecule has 72 valence electrons. The summed E-state index contributed by atoms with van der Waals surface area (Å²) in [7, 11) is 3.39. The molecular weight excluding hydrogens is 158 g/mol. The van der Waals surface area contributed by atoms with E-state index in [-0.39, 0.29) is 0 Å². The van der Waals surface area contributed by atoms with Gasteiger partial charge in [0.25, 0.3) is 0 Å². The van der Waals surface area contributed by atoms with E-state index in [0.29, 0.717) is 19.8 Å². The lowest BCUT2D eigenvalue weighted by Crippen LogP contribution is -2.21. The third kappa shape index (κ3) is 7.50. The van der Waals surface area contributed by atoms with Crippen molar-refractivity contribution in [2.24, 2.45) is 0 Å². The summed E-state index contributed by atoms with van der Waals surface area (Å²) >= 11 is 0. The Bertz CT molecular complexity index is 108. The highest BCUT2D eigenvalue weighted by molar-refractivity contribution is 5.46. The van der Waals surface area contributed by atoms with E-state index < -0.39 is 0 Å². The Labute approximate surface area is 73.4 Å². The molecule has 0 atom stereocenters. The highest BCUT2D eigenvalue weighted by Crippen LogP contribution is 1.84. The van der Waals surface area contributed by atoms with Crippen molar-refractivity contribution in [2.45, 2.75) is 6.42 Å². The predicted octanol–water partition coefficient (Wildman–Crippen LogP) is 0.128. The second kappa shape index (κ2) is 8.49. The number of amides is 1. The Balaban J connectivity index is 2.95. The topological polar surface area (TPSA) is 38.8 Å². The Hall–Kier alpha value is -0.610. The molecule has 1 amide bonds. The lowest BCUT2D eigenvalue weighted by atomic mass is 10.5. The van der Waals surface area contributed by atoms with Gasteiger partial charge in [0.1, 0.15) is 0 Å². The Morgan fingerprint density at radius 2 is 2.08 bits per heavy atom. The predicted molar refractivity (Wildman–Crippen MR) is 46.0 cm³/mol. The van der Waals surface area contributed by atoms with Gasteiger partial charge in [-0.3, -0.25) is 4.79 Å². The summed E-state index contributed by atoms with van der Waals surface area (Å²) in [5.74, 6) is 0. The van der Waals surface area contributed by atoms with Crippen LogP contribution in [0, 0.1) is 0 Å². The Morgan fingerprint density at radius 1 is 1.33 bits per heavy atom. The smallest absolute Gasteiger partial charge is 0.209 e. The number of nitrogens with zero attached hydrogens (tertiary/aromatic N) is 1. The van der Waals surface area contributed by atoms with Crippen molar-refractivity contribution in [3.63, 3.8) is 0 Å². The summed E-state index contributed by atoms with van der Waals surface area (Å²) in [5.41, 5.74) is 0. The zero-order chi connectivity index (χ0) is 9.23. The molecule has 0 bridgehead atoms. The zero-order valence-electron chi connectivity index (χ0n) is 7.78. The summed E-state index contributed by atoms with van der Waals surface area (Å²) < 4.78 is 10.1. The molecule has 0 radical (unpaired) electrons. The number of rotatable bonds is 8. The molecule has 0 aliphatic rings. The molecule has 0 fully saturated rings. The monoisotopic (exact) mass is 175 g/mol. The van der Waals surface area contributed by atoms with Gasteiger partial charge in [0.05, 0.1) is 6.61 Å². The van der Waals surface area contributed by atoms with Gasteiger partial charge >= 0.3 is 0 Å². The summed E-state index contributed by atoms with van der Waals surface area (Å²) in [6, 6.07) is 0.